The molecule has 0 unspecified atom stereocenters. The van der Waals surface area contributed by atoms with E-state index in [2.05, 4.69) is 30.5 Å². The highest BCUT2D eigenvalue weighted by Gasteiger charge is 2.11. The zero-order valence-corrected chi connectivity index (χ0v) is 17.3. The number of aryl methyl sites for hydroxylation is 2. The molecule has 0 spiro atoms. The number of halogens is 2. The van der Waals surface area contributed by atoms with Gasteiger partial charge in [-0.2, -0.15) is 13.8 Å². The van der Waals surface area contributed by atoms with E-state index < -0.39 is 6.61 Å². The van der Waals surface area contributed by atoms with Crippen LogP contribution in [0.1, 0.15) is 56.0 Å². The summed E-state index contributed by atoms with van der Waals surface area (Å²) in [7, 11) is 0. The van der Waals surface area contributed by atoms with E-state index in [1.807, 2.05) is 27.7 Å². The summed E-state index contributed by atoms with van der Waals surface area (Å²) < 4.78 is 35.0. The molecule has 9 heteroatoms. The van der Waals surface area contributed by atoms with Crippen molar-refractivity contribution >= 4 is 5.96 Å². The van der Waals surface area contributed by atoms with Crippen molar-refractivity contribution in [3.63, 3.8) is 0 Å². The van der Waals surface area contributed by atoms with Crippen LogP contribution < -0.4 is 15.4 Å². The van der Waals surface area contributed by atoms with Crippen LogP contribution in [0.5, 0.6) is 5.75 Å². The summed E-state index contributed by atoms with van der Waals surface area (Å²) >= 11 is 0. The minimum atomic E-state index is -2.87. The Morgan fingerprint density at radius 1 is 1.28 bits per heavy atom. The minimum Gasteiger partial charge on any atom is -0.434 e. The summed E-state index contributed by atoms with van der Waals surface area (Å²) in [5.41, 5.74) is 1.56. The molecule has 0 fully saturated rings. The van der Waals surface area contributed by atoms with E-state index in [4.69, 9.17) is 4.52 Å². The number of hydrogen-bond donors (Lipinski definition) is 2. The first-order chi connectivity index (χ1) is 13.9. The van der Waals surface area contributed by atoms with Gasteiger partial charge in [0.05, 0.1) is 6.54 Å². The fourth-order valence-electron chi connectivity index (χ4n) is 2.60. The van der Waals surface area contributed by atoms with Crippen molar-refractivity contribution in [2.45, 2.75) is 59.6 Å². The molecule has 0 bridgehead atoms. The Hall–Kier alpha value is -2.71. The molecular formula is C20H29F2N5O2. The Morgan fingerprint density at radius 3 is 2.72 bits per heavy atom. The first kappa shape index (κ1) is 22.6. The van der Waals surface area contributed by atoms with E-state index in [-0.39, 0.29) is 18.2 Å². The number of alkyl halides is 2. The molecule has 160 valence electrons. The van der Waals surface area contributed by atoms with Crippen LogP contribution in [0.4, 0.5) is 8.78 Å². The molecule has 0 aliphatic rings. The normalized spacial score (nSPS) is 11.9. The lowest BCUT2D eigenvalue weighted by molar-refractivity contribution is -0.0504. The Kier molecular flexibility index (Phi) is 8.82. The zero-order valence-electron chi connectivity index (χ0n) is 17.3. The molecule has 0 atom stereocenters. The van der Waals surface area contributed by atoms with Gasteiger partial charge in [-0.3, -0.25) is 0 Å². The fourth-order valence-corrected chi connectivity index (χ4v) is 2.60. The van der Waals surface area contributed by atoms with Crippen LogP contribution in [-0.4, -0.2) is 35.8 Å². The molecule has 1 heterocycles. The number of aliphatic imine (C=N–C) groups is 1. The van der Waals surface area contributed by atoms with E-state index in [1.54, 1.807) is 18.2 Å². The van der Waals surface area contributed by atoms with Gasteiger partial charge in [-0.15, -0.1) is 0 Å². The van der Waals surface area contributed by atoms with Gasteiger partial charge < -0.3 is 19.9 Å². The summed E-state index contributed by atoms with van der Waals surface area (Å²) in [6.07, 6.45) is 1.45. The minimum absolute atomic E-state index is 0.141. The molecule has 0 radical (unpaired) electrons. The maximum atomic E-state index is 12.6. The first-order valence-electron chi connectivity index (χ1n) is 9.78. The van der Waals surface area contributed by atoms with Gasteiger partial charge in [-0.1, -0.05) is 36.7 Å². The highest BCUT2D eigenvalue weighted by Crippen LogP contribution is 2.22. The molecule has 2 aromatic rings. The molecule has 2 N–H and O–H groups in total. The van der Waals surface area contributed by atoms with Crippen LogP contribution in [-0.2, 0) is 13.0 Å². The second kappa shape index (κ2) is 11.3. The number of rotatable bonds is 10. The van der Waals surface area contributed by atoms with Crippen LogP contribution in [0, 0.1) is 6.92 Å². The number of benzene rings is 1. The summed E-state index contributed by atoms with van der Waals surface area (Å²) in [5.74, 6) is 2.31. The number of guanidine groups is 1. The standard InChI is InChI=1S/C20H29F2N5O2/c1-5-23-20(24-10-6-7-17-26-18(13(2)3)27-29-17)25-12-15-11-14(4)8-9-16(15)28-19(21)22/h8-9,11,13,19H,5-7,10,12H2,1-4H3,(H2,23,24,25). The van der Waals surface area contributed by atoms with Crippen molar-refractivity contribution in [2.24, 2.45) is 4.99 Å². The summed E-state index contributed by atoms with van der Waals surface area (Å²) in [6, 6.07) is 5.08. The largest absolute Gasteiger partial charge is 0.434 e. The van der Waals surface area contributed by atoms with Gasteiger partial charge in [-0.25, -0.2) is 4.99 Å². The number of nitrogens with one attached hydrogen (secondary N) is 2. The molecule has 1 aromatic carbocycles. The second-order valence-electron chi connectivity index (χ2n) is 6.92. The molecule has 0 aliphatic carbocycles. The van der Waals surface area contributed by atoms with Gasteiger partial charge in [0.1, 0.15) is 5.75 Å². The summed E-state index contributed by atoms with van der Waals surface area (Å²) in [6.45, 7) is 6.57. The molecule has 0 saturated carbocycles. The predicted octanol–water partition coefficient (Wildman–Crippen LogP) is 3.79. The van der Waals surface area contributed by atoms with Crippen molar-refractivity contribution in [2.75, 3.05) is 13.1 Å². The molecule has 1 aromatic heterocycles. The second-order valence-corrected chi connectivity index (χ2v) is 6.92. The van der Waals surface area contributed by atoms with E-state index in [1.165, 1.54) is 0 Å². The van der Waals surface area contributed by atoms with Gasteiger partial charge in [-0.05, 0) is 26.3 Å². The van der Waals surface area contributed by atoms with E-state index >= 15 is 0 Å². The summed E-state index contributed by atoms with van der Waals surface area (Å²) in [4.78, 5) is 8.84. The average molecular weight is 409 g/mol. The van der Waals surface area contributed by atoms with Crippen molar-refractivity contribution in [3.8, 4) is 5.75 Å². The van der Waals surface area contributed by atoms with Crippen LogP contribution in [0.2, 0.25) is 0 Å². The topological polar surface area (TPSA) is 84.6 Å². The quantitative estimate of drug-likeness (QED) is 0.353. The maximum absolute atomic E-state index is 12.6. The SMILES string of the molecule is CCNC(=NCc1cc(C)ccc1OC(F)F)NCCCc1nc(C(C)C)no1. The molecule has 29 heavy (non-hydrogen) atoms. The van der Waals surface area contributed by atoms with Crippen LogP contribution in [0.25, 0.3) is 0 Å². The van der Waals surface area contributed by atoms with E-state index in [0.29, 0.717) is 42.7 Å². The third-order valence-corrected chi connectivity index (χ3v) is 4.04. The highest BCUT2D eigenvalue weighted by atomic mass is 19.3. The molecule has 0 saturated heterocycles. The first-order valence-corrected chi connectivity index (χ1v) is 9.78. The molecule has 7 nitrogen and oxygen atoms in total. The van der Waals surface area contributed by atoms with Crippen molar-refractivity contribution < 1.29 is 18.0 Å². The van der Waals surface area contributed by atoms with Gasteiger partial charge in [0.25, 0.3) is 0 Å². The molecular weight excluding hydrogens is 380 g/mol. The molecule has 0 aliphatic heterocycles. The predicted molar refractivity (Wildman–Crippen MR) is 107 cm³/mol. The van der Waals surface area contributed by atoms with Crippen LogP contribution >= 0.6 is 0 Å². The maximum Gasteiger partial charge on any atom is 0.387 e. The highest BCUT2D eigenvalue weighted by molar-refractivity contribution is 5.79. The van der Waals surface area contributed by atoms with E-state index in [9.17, 15) is 8.78 Å². The Morgan fingerprint density at radius 2 is 2.07 bits per heavy atom. The smallest absolute Gasteiger partial charge is 0.387 e. The Balaban J connectivity index is 1.91. The molecule has 0 amide bonds. The van der Waals surface area contributed by atoms with Gasteiger partial charge in [0.15, 0.2) is 11.8 Å². The number of aromatic nitrogens is 2. The number of ether oxygens (including phenoxy) is 1. The third-order valence-electron chi connectivity index (χ3n) is 4.04. The number of hydrogen-bond acceptors (Lipinski definition) is 5. The zero-order chi connectivity index (χ0) is 21.2. The van der Waals surface area contributed by atoms with Gasteiger partial charge in [0.2, 0.25) is 5.89 Å². The third kappa shape index (κ3) is 7.67. The summed E-state index contributed by atoms with van der Waals surface area (Å²) in [5, 5.41) is 10.3. The lowest BCUT2D eigenvalue weighted by atomic mass is 10.1. The van der Waals surface area contributed by atoms with Gasteiger partial charge in [0, 0.05) is 31.0 Å². The van der Waals surface area contributed by atoms with Crippen LogP contribution in [0.3, 0.4) is 0 Å². The lowest BCUT2D eigenvalue weighted by Crippen LogP contribution is -2.37. The molecule has 2 rings (SSSR count). The van der Waals surface area contributed by atoms with Crippen molar-refractivity contribution in [3.05, 3.63) is 41.0 Å². The fraction of sp³-hybridized carbons (Fsp3) is 0.550. The Labute approximate surface area is 169 Å². The number of nitrogens with zero attached hydrogens (tertiary/aromatic N) is 3. The van der Waals surface area contributed by atoms with Crippen molar-refractivity contribution in [1.29, 1.82) is 0 Å². The average Bonchev–Trinajstić information content (AvgIpc) is 3.14. The lowest BCUT2D eigenvalue weighted by Gasteiger charge is -2.13. The monoisotopic (exact) mass is 409 g/mol. The Bertz CT molecular complexity index is 793. The van der Waals surface area contributed by atoms with Crippen molar-refractivity contribution in [1.82, 2.24) is 20.8 Å². The van der Waals surface area contributed by atoms with E-state index in [0.717, 1.165) is 12.0 Å². The van der Waals surface area contributed by atoms with Gasteiger partial charge >= 0.3 is 6.61 Å². The van der Waals surface area contributed by atoms with Crippen LogP contribution in [0.15, 0.2) is 27.7 Å².